The fraction of sp³-hybridized carbons (Fsp3) is 0.500. The molecule has 1 heterocycles. The Labute approximate surface area is 121 Å². The number of benzene rings is 1. The first-order chi connectivity index (χ1) is 8.93. The summed E-state index contributed by atoms with van der Waals surface area (Å²) in [5.74, 6) is 0.706. The summed E-state index contributed by atoms with van der Waals surface area (Å²) in [6, 6.07) is 5.31. The van der Waals surface area contributed by atoms with Crippen molar-refractivity contribution in [2.45, 2.75) is 25.4 Å². The average Bonchev–Trinajstić information content (AvgIpc) is 2.38. The van der Waals surface area contributed by atoms with Crippen LogP contribution in [0.3, 0.4) is 0 Å². The lowest BCUT2D eigenvalue weighted by Crippen LogP contribution is -2.45. The van der Waals surface area contributed by atoms with Crippen molar-refractivity contribution in [3.05, 3.63) is 28.2 Å². The van der Waals surface area contributed by atoms with Gasteiger partial charge in [-0.15, -0.1) is 0 Å². The van der Waals surface area contributed by atoms with Gasteiger partial charge in [0.2, 0.25) is 0 Å². The van der Waals surface area contributed by atoms with Crippen LogP contribution >= 0.6 is 15.9 Å². The standard InChI is InChI=1S/C14H18BrNO3/c1-14(18)5-7-16(8-6-14)13(17)10-3-4-12(19-2)11(15)9-10/h3-4,9,18H,5-8H2,1-2H3. The predicted molar refractivity (Wildman–Crippen MR) is 76.5 cm³/mol. The molecular formula is C14H18BrNO3. The van der Waals surface area contributed by atoms with E-state index in [1.54, 1.807) is 30.2 Å². The number of hydrogen-bond donors (Lipinski definition) is 1. The summed E-state index contributed by atoms with van der Waals surface area (Å²) in [6.45, 7) is 3.00. The van der Waals surface area contributed by atoms with E-state index in [1.165, 1.54) is 0 Å². The van der Waals surface area contributed by atoms with E-state index >= 15 is 0 Å². The highest BCUT2D eigenvalue weighted by molar-refractivity contribution is 9.10. The second-order valence-corrected chi connectivity index (χ2v) is 5.99. The van der Waals surface area contributed by atoms with Crippen LogP contribution in [0.15, 0.2) is 22.7 Å². The Balaban J connectivity index is 2.10. The van der Waals surface area contributed by atoms with Crippen LogP contribution in [0, 0.1) is 0 Å². The number of carbonyl (C=O) groups excluding carboxylic acids is 1. The summed E-state index contributed by atoms with van der Waals surface area (Å²) in [5.41, 5.74) is -0.00806. The molecule has 1 aromatic carbocycles. The van der Waals surface area contributed by atoms with Crippen molar-refractivity contribution < 1.29 is 14.6 Å². The van der Waals surface area contributed by atoms with Crippen LogP contribution in [0.25, 0.3) is 0 Å². The molecule has 1 aliphatic heterocycles. The Hall–Kier alpha value is -1.07. The molecule has 5 heteroatoms. The number of rotatable bonds is 2. The van der Waals surface area contributed by atoms with Gasteiger partial charge < -0.3 is 14.7 Å². The van der Waals surface area contributed by atoms with Gasteiger partial charge in [-0.2, -0.15) is 0 Å². The summed E-state index contributed by atoms with van der Waals surface area (Å²) in [5, 5.41) is 9.89. The molecule has 1 amide bonds. The van der Waals surface area contributed by atoms with E-state index in [4.69, 9.17) is 4.74 Å². The molecule has 0 unspecified atom stereocenters. The third-order valence-corrected chi connectivity index (χ3v) is 4.15. The molecule has 0 atom stereocenters. The van der Waals surface area contributed by atoms with E-state index in [9.17, 15) is 9.90 Å². The second kappa shape index (κ2) is 5.51. The quantitative estimate of drug-likeness (QED) is 0.907. The zero-order valence-electron chi connectivity index (χ0n) is 11.1. The van der Waals surface area contributed by atoms with Gasteiger partial charge in [0.1, 0.15) is 5.75 Å². The molecule has 0 saturated carbocycles. The first-order valence-electron chi connectivity index (χ1n) is 6.28. The number of amides is 1. The van der Waals surface area contributed by atoms with E-state index in [1.807, 2.05) is 6.92 Å². The number of likely N-dealkylation sites (tertiary alicyclic amines) is 1. The van der Waals surface area contributed by atoms with Crippen LogP contribution in [-0.4, -0.2) is 41.7 Å². The normalized spacial score (nSPS) is 18.2. The van der Waals surface area contributed by atoms with Gasteiger partial charge in [-0.25, -0.2) is 0 Å². The predicted octanol–water partition coefficient (Wildman–Crippen LogP) is 2.44. The van der Waals surface area contributed by atoms with Crippen molar-refractivity contribution in [2.24, 2.45) is 0 Å². The summed E-state index contributed by atoms with van der Waals surface area (Å²) in [4.78, 5) is 14.1. The molecule has 0 radical (unpaired) electrons. The van der Waals surface area contributed by atoms with Crippen molar-refractivity contribution >= 4 is 21.8 Å². The van der Waals surface area contributed by atoms with Gasteiger partial charge in [0, 0.05) is 18.7 Å². The first kappa shape index (κ1) is 14.3. The van der Waals surface area contributed by atoms with Gasteiger partial charge in [0.05, 0.1) is 17.2 Å². The van der Waals surface area contributed by atoms with Gasteiger partial charge in [-0.3, -0.25) is 4.79 Å². The Kier molecular flexibility index (Phi) is 4.16. The average molecular weight is 328 g/mol. The molecule has 2 rings (SSSR count). The van der Waals surface area contributed by atoms with Crippen molar-refractivity contribution in [1.82, 2.24) is 4.90 Å². The lowest BCUT2D eigenvalue weighted by Gasteiger charge is -2.35. The summed E-state index contributed by atoms with van der Waals surface area (Å²) in [6.07, 6.45) is 1.24. The first-order valence-corrected chi connectivity index (χ1v) is 7.07. The molecule has 0 spiro atoms. The number of hydrogen-bond acceptors (Lipinski definition) is 3. The highest BCUT2D eigenvalue weighted by atomic mass is 79.9. The van der Waals surface area contributed by atoms with E-state index < -0.39 is 5.60 Å². The van der Waals surface area contributed by atoms with Crippen molar-refractivity contribution in [2.75, 3.05) is 20.2 Å². The Morgan fingerprint density at radius 2 is 2.05 bits per heavy atom. The minimum Gasteiger partial charge on any atom is -0.496 e. The maximum absolute atomic E-state index is 12.3. The lowest BCUT2D eigenvalue weighted by molar-refractivity contribution is -0.00202. The van der Waals surface area contributed by atoms with E-state index in [-0.39, 0.29) is 5.91 Å². The van der Waals surface area contributed by atoms with E-state index in [2.05, 4.69) is 15.9 Å². The Morgan fingerprint density at radius 1 is 1.42 bits per heavy atom. The van der Waals surface area contributed by atoms with Gasteiger partial charge in [-0.05, 0) is 53.9 Å². The molecule has 1 saturated heterocycles. The number of carbonyl (C=O) groups is 1. The van der Waals surface area contributed by atoms with Crippen molar-refractivity contribution in [3.63, 3.8) is 0 Å². The fourth-order valence-corrected chi connectivity index (χ4v) is 2.71. The summed E-state index contributed by atoms with van der Waals surface area (Å²) < 4.78 is 5.92. The molecule has 1 fully saturated rings. The third kappa shape index (κ3) is 3.28. The molecule has 1 aromatic rings. The molecule has 1 N–H and O–H groups in total. The third-order valence-electron chi connectivity index (χ3n) is 3.53. The van der Waals surface area contributed by atoms with Crippen molar-refractivity contribution in [1.29, 1.82) is 0 Å². The number of methoxy groups -OCH3 is 1. The van der Waals surface area contributed by atoms with Gasteiger partial charge >= 0.3 is 0 Å². The molecule has 19 heavy (non-hydrogen) atoms. The number of nitrogens with zero attached hydrogens (tertiary/aromatic N) is 1. The molecular weight excluding hydrogens is 310 g/mol. The summed E-state index contributed by atoms with van der Waals surface area (Å²) in [7, 11) is 1.59. The molecule has 0 aromatic heterocycles. The smallest absolute Gasteiger partial charge is 0.253 e. The minimum atomic E-state index is -0.642. The zero-order chi connectivity index (χ0) is 14.0. The molecule has 0 bridgehead atoms. The van der Waals surface area contributed by atoms with Crippen LogP contribution in [0.1, 0.15) is 30.1 Å². The number of aliphatic hydroxyl groups is 1. The lowest BCUT2D eigenvalue weighted by atomic mass is 9.93. The number of ether oxygens (including phenoxy) is 1. The largest absolute Gasteiger partial charge is 0.496 e. The van der Waals surface area contributed by atoms with Gasteiger partial charge in [0.15, 0.2) is 0 Å². The van der Waals surface area contributed by atoms with Crippen LogP contribution in [0.5, 0.6) is 5.75 Å². The molecule has 4 nitrogen and oxygen atoms in total. The minimum absolute atomic E-state index is 0.00106. The van der Waals surface area contributed by atoms with E-state index in [0.29, 0.717) is 37.2 Å². The van der Waals surface area contributed by atoms with Gasteiger partial charge in [0.25, 0.3) is 5.91 Å². The van der Waals surface area contributed by atoms with Crippen LogP contribution in [0.4, 0.5) is 0 Å². The van der Waals surface area contributed by atoms with Crippen molar-refractivity contribution in [3.8, 4) is 5.75 Å². The maximum Gasteiger partial charge on any atom is 0.253 e. The van der Waals surface area contributed by atoms with E-state index in [0.717, 1.165) is 4.47 Å². The zero-order valence-corrected chi connectivity index (χ0v) is 12.7. The highest BCUT2D eigenvalue weighted by Crippen LogP contribution is 2.27. The molecule has 1 aliphatic rings. The van der Waals surface area contributed by atoms with Crippen LogP contribution < -0.4 is 4.74 Å². The van der Waals surface area contributed by atoms with Gasteiger partial charge in [-0.1, -0.05) is 0 Å². The SMILES string of the molecule is COc1ccc(C(=O)N2CCC(C)(O)CC2)cc1Br. The molecule has 0 aliphatic carbocycles. The second-order valence-electron chi connectivity index (χ2n) is 5.14. The maximum atomic E-state index is 12.3. The Bertz CT molecular complexity index is 478. The summed E-state index contributed by atoms with van der Waals surface area (Å²) >= 11 is 3.38. The number of piperidine rings is 1. The fourth-order valence-electron chi connectivity index (χ4n) is 2.17. The monoisotopic (exact) mass is 327 g/mol. The molecule has 104 valence electrons. The van der Waals surface area contributed by atoms with Crippen LogP contribution in [-0.2, 0) is 0 Å². The highest BCUT2D eigenvalue weighted by Gasteiger charge is 2.30. The Morgan fingerprint density at radius 3 is 2.58 bits per heavy atom. The topological polar surface area (TPSA) is 49.8 Å². The number of halogens is 1. The van der Waals surface area contributed by atoms with Crippen LogP contribution in [0.2, 0.25) is 0 Å².